The van der Waals surface area contributed by atoms with E-state index in [1.165, 1.54) is 14.2 Å². The minimum absolute atomic E-state index is 0.0668. The summed E-state index contributed by atoms with van der Waals surface area (Å²) < 4.78 is 34.8. The lowest BCUT2D eigenvalue weighted by Gasteiger charge is -2.38. The Kier molecular flexibility index (Phi) is 9.64. The molecular weight excluding hydrogens is 525 g/mol. The minimum atomic E-state index is -3.76. The number of ether oxygens (including phenoxy) is 1. The number of rotatable bonds is 10. The van der Waals surface area contributed by atoms with Crippen LogP contribution >= 0.6 is 19.4 Å². The average molecular weight is 558 g/mol. The Balaban J connectivity index is 1.58. The Bertz CT molecular complexity index is 1250. The zero-order valence-electron chi connectivity index (χ0n) is 21.8. The van der Waals surface area contributed by atoms with E-state index in [9.17, 15) is 9.36 Å². The van der Waals surface area contributed by atoms with E-state index >= 15 is 0 Å². The van der Waals surface area contributed by atoms with E-state index in [4.69, 9.17) is 29.9 Å². The van der Waals surface area contributed by atoms with E-state index in [-0.39, 0.29) is 11.9 Å². The number of nitrogens with zero attached hydrogens (tertiary/aromatic N) is 1. The van der Waals surface area contributed by atoms with Crippen molar-refractivity contribution in [3.63, 3.8) is 0 Å². The molecule has 1 fully saturated rings. The molecule has 0 aromatic heterocycles. The van der Waals surface area contributed by atoms with Crippen LogP contribution in [-0.4, -0.2) is 39.9 Å². The van der Waals surface area contributed by atoms with Crippen LogP contribution < -0.4 is 4.90 Å². The molecule has 0 amide bonds. The molecule has 0 N–H and O–H groups in total. The summed E-state index contributed by atoms with van der Waals surface area (Å²) in [4.78, 5) is 14.3. The highest BCUT2D eigenvalue weighted by Gasteiger charge is 2.37. The van der Waals surface area contributed by atoms with Crippen molar-refractivity contribution in [2.24, 2.45) is 5.92 Å². The molecule has 1 atom stereocenters. The lowest BCUT2D eigenvalue weighted by Crippen LogP contribution is -2.36. The first kappa shape index (κ1) is 28.3. The third-order valence-corrected chi connectivity index (χ3v) is 8.46. The normalized spacial score (nSPS) is 15.3. The van der Waals surface area contributed by atoms with Crippen molar-refractivity contribution in [2.75, 3.05) is 38.8 Å². The van der Waals surface area contributed by atoms with E-state index in [1.54, 1.807) is 19.1 Å². The fourth-order valence-corrected chi connectivity index (χ4v) is 5.83. The first-order valence-electron chi connectivity index (χ1n) is 12.6. The number of phosphoric acid groups is 1. The van der Waals surface area contributed by atoms with E-state index < -0.39 is 13.9 Å². The molecule has 0 radical (unpaired) electrons. The largest absolute Gasteiger partial charge is 0.474 e. The van der Waals surface area contributed by atoms with Crippen molar-refractivity contribution in [3.8, 4) is 11.1 Å². The summed E-state index contributed by atoms with van der Waals surface area (Å²) in [6, 6.07) is 23.1. The molecule has 0 saturated carbocycles. The van der Waals surface area contributed by atoms with Gasteiger partial charge in [0.25, 0.3) is 0 Å². The third kappa shape index (κ3) is 6.66. The van der Waals surface area contributed by atoms with Crippen LogP contribution in [0.4, 0.5) is 5.69 Å². The van der Waals surface area contributed by atoms with Gasteiger partial charge in [0.1, 0.15) is 0 Å². The second kappa shape index (κ2) is 12.9. The van der Waals surface area contributed by atoms with Gasteiger partial charge in [0.15, 0.2) is 0 Å². The summed E-state index contributed by atoms with van der Waals surface area (Å²) in [7, 11) is -1.10. The van der Waals surface area contributed by atoms with Crippen molar-refractivity contribution in [1.82, 2.24) is 0 Å². The monoisotopic (exact) mass is 557 g/mol. The van der Waals surface area contributed by atoms with Gasteiger partial charge in [0.05, 0.1) is 18.3 Å². The number of halogens is 1. The molecule has 9 heteroatoms. The van der Waals surface area contributed by atoms with Crippen molar-refractivity contribution in [2.45, 2.75) is 25.9 Å². The quantitative estimate of drug-likeness (QED) is 0.188. The average Bonchev–Trinajstić information content (AvgIpc) is 2.97. The summed E-state index contributed by atoms with van der Waals surface area (Å²) in [5, 5.41) is 0.657. The van der Waals surface area contributed by atoms with Gasteiger partial charge in [-0.2, -0.15) is 0 Å². The second-order valence-corrected chi connectivity index (χ2v) is 11.3. The summed E-state index contributed by atoms with van der Waals surface area (Å²) in [6.45, 7) is 3.68. The molecule has 3 aromatic rings. The maximum atomic E-state index is 13.2. The third-order valence-electron chi connectivity index (χ3n) is 6.82. The Morgan fingerprint density at radius 1 is 0.974 bits per heavy atom. The van der Waals surface area contributed by atoms with Gasteiger partial charge in [-0.1, -0.05) is 48.0 Å². The van der Waals surface area contributed by atoms with Gasteiger partial charge in [0.2, 0.25) is 0 Å². The van der Waals surface area contributed by atoms with Crippen LogP contribution in [0.1, 0.15) is 41.8 Å². The Morgan fingerprint density at radius 3 is 2.21 bits per heavy atom. The van der Waals surface area contributed by atoms with Crippen LogP contribution in [0, 0.1) is 5.92 Å². The van der Waals surface area contributed by atoms with Gasteiger partial charge in [-0.15, -0.1) is 0 Å². The molecule has 1 heterocycles. The molecule has 1 saturated heterocycles. The van der Waals surface area contributed by atoms with E-state index in [2.05, 4.69) is 4.90 Å². The molecule has 4 rings (SSSR count). The van der Waals surface area contributed by atoms with Crippen LogP contribution in [0.15, 0.2) is 72.8 Å². The maximum Gasteiger partial charge on any atom is 0.474 e. The molecule has 1 aliphatic rings. The zero-order valence-corrected chi connectivity index (χ0v) is 23.5. The number of carbonyl (C=O) groups excluding carboxylic acids is 1. The number of piperidine rings is 1. The summed E-state index contributed by atoms with van der Waals surface area (Å²) in [5.41, 5.74) is 4.45. The highest BCUT2D eigenvalue weighted by Crippen LogP contribution is 2.55. The molecule has 3 aromatic carbocycles. The van der Waals surface area contributed by atoms with E-state index in [1.807, 2.05) is 60.7 Å². The van der Waals surface area contributed by atoms with Crippen LogP contribution in [0.25, 0.3) is 11.1 Å². The molecule has 7 nitrogen and oxygen atoms in total. The van der Waals surface area contributed by atoms with Gasteiger partial charge < -0.3 is 9.64 Å². The van der Waals surface area contributed by atoms with Crippen LogP contribution in [0.3, 0.4) is 0 Å². The lowest BCUT2D eigenvalue weighted by molar-refractivity contribution is 0.0525. The van der Waals surface area contributed by atoms with Gasteiger partial charge >= 0.3 is 13.8 Å². The number of esters is 1. The molecule has 0 aliphatic carbocycles. The van der Waals surface area contributed by atoms with E-state index in [0.29, 0.717) is 17.2 Å². The molecule has 0 bridgehead atoms. The number of anilines is 1. The van der Waals surface area contributed by atoms with E-state index in [0.717, 1.165) is 48.3 Å². The standard InChI is InChI=1S/C29H33ClNO6P/c1-4-36-29(32)23-11-15-25(16-12-23)31-19-17-22(18-20-31)28(37-38(33,34-2)35-3)27-8-6-5-7-26(27)21-9-13-24(30)14-10-21/h5-16,22,28H,4,17-20H2,1-3H3/t28-/m1/s1. The predicted molar refractivity (Wildman–Crippen MR) is 150 cm³/mol. The molecule has 0 spiro atoms. The zero-order chi connectivity index (χ0) is 27.1. The topological polar surface area (TPSA) is 74.3 Å². The first-order chi connectivity index (χ1) is 18.4. The van der Waals surface area contributed by atoms with Crippen molar-refractivity contribution < 1.29 is 27.7 Å². The molecule has 202 valence electrons. The molecule has 1 aliphatic heterocycles. The van der Waals surface area contributed by atoms with Crippen molar-refractivity contribution in [3.05, 3.63) is 88.9 Å². The van der Waals surface area contributed by atoms with Crippen LogP contribution in [-0.2, 0) is 22.9 Å². The number of benzene rings is 3. The van der Waals surface area contributed by atoms with Gasteiger partial charge in [-0.3, -0.25) is 13.6 Å². The Hall–Kier alpha value is -2.67. The minimum Gasteiger partial charge on any atom is -0.462 e. The first-order valence-corrected chi connectivity index (χ1v) is 14.5. The van der Waals surface area contributed by atoms with Gasteiger partial charge in [-0.05, 0) is 78.8 Å². The Morgan fingerprint density at radius 2 is 1.61 bits per heavy atom. The lowest BCUT2D eigenvalue weighted by atomic mass is 9.84. The summed E-state index contributed by atoms with van der Waals surface area (Å²) >= 11 is 6.13. The van der Waals surface area contributed by atoms with Gasteiger partial charge in [-0.25, -0.2) is 9.36 Å². The highest BCUT2D eigenvalue weighted by molar-refractivity contribution is 7.48. The number of carbonyl (C=O) groups is 1. The summed E-state index contributed by atoms with van der Waals surface area (Å²) in [5.74, 6) is -0.255. The summed E-state index contributed by atoms with van der Waals surface area (Å²) in [6.07, 6.45) is 1.08. The number of hydrogen-bond acceptors (Lipinski definition) is 7. The van der Waals surface area contributed by atoms with Gasteiger partial charge in [0, 0.05) is 38.0 Å². The van der Waals surface area contributed by atoms with Crippen molar-refractivity contribution >= 4 is 31.1 Å². The van der Waals surface area contributed by atoms with Crippen LogP contribution in [0.5, 0.6) is 0 Å². The predicted octanol–water partition coefficient (Wildman–Crippen LogP) is 7.56. The number of hydrogen-bond donors (Lipinski definition) is 0. The number of phosphoric ester groups is 1. The fourth-order valence-electron chi connectivity index (χ4n) is 4.82. The molecular formula is C29H33ClNO6P. The SMILES string of the molecule is CCOC(=O)c1ccc(N2CCC([C@@H](OP(=O)(OC)OC)c3ccccc3-c3ccc(Cl)cc3)CC2)cc1. The smallest absolute Gasteiger partial charge is 0.462 e. The maximum absolute atomic E-state index is 13.2. The van der Waals surface area contributed by atoms with Crippen LogP contribution in [0.2, 0.25) is 5.02 Å². The van der Waals surface area contributed by atoms with Crippen molar-refractivity contribution in [1.29, 1.82) is 0 Å². The highest BCUT2D eigenvalue weighted by atomic mass is 35.5. The molecule has 0 unspecified atom stereocenters. The second-order valence-electron chi connectivity index (χ2n) is 9.02. The fraction of sp³-hybridized carbons (Fsp3) is 0.345. The molecule has 38 heavy (non-hydrogen) atoms. The Labute approximate surface area is 229 Å².